The van der Waals surface area contributed by atoms with Crippen LogP contribution in [0.5, 0.6) is 5.75 Å². The van der Waals surface area contributed by atoms with E-state index in [0.717, 1.165) is 25.0 Å². The minimum absolute atomic E-state index is 0.0108. The maximum atomic E-state index is 12.8. The van der Waals surface area contributed by atoms with Gasteiger partial charge >= 0.3 is 6.03 Å². The Balaban J connectivity index is 1.62. The Kier molecular flexibility index (Phi) is 6.15. The molecule has 1 fully saturated rings. The number of fused-ring (bicyclic) bond motifs is 1. The second kappa shape index (κ2) is 8.54. The molecule has 0 spiro atoms. The smallest absolute Gasteiger partial charge is 0.317 e. The molecule has 2 amide bonds. The van der Waals surface area contributed by atoms with Gasteiger partial charge < -0.3 is 24.4 Å². The highest BCUT2D eigenvalue weighted by molar-refractivity contribution is 5.74. The maximum Gasteiger partial charge on any atom is 0.317 e. The first kappa shape index (κ1) is 18.0. The third-order valence-corrected chi connectivity index (χ3v) is 5.01. The quantitative estimate of drug-likeness (QED) is 0.904. The van der Waals surface area contributed by atoms with Gasteiger partial charge in [0.2, 0.25) is 0 Å². The van der Waals surface area contributed by atoms with E-state index in [2.05, 4.69) is 11.4 Å². The van der Waals surface area contributed by atoms with Crippen molar-refractivity contribution in [2.75, 3.05) is 40.0 Å². The Morgan fingerprint density at radius 1 is 1.36 bits per heavy atom. The van der Waals surface area contributed by atoms with Crippen LogP contribution < -0.4 is 10.1 Å². The predicted octanol–water partition coefficient (Wildman–Crippen LogP) is 2.00. The Bertz CT molecular complexity index is 591. The highest BCUT2D eigenvalue weighted by Crippen LogP contribution is 2.26. The Morgan fingerprint density at radius 2 is 2.20 bits per heavy atom. The number of ether oxygens (including phenoxy) is 3. The fraction of sp³-hybridized carbons (Fsp3) is 0.632. The van der Waals surface area contributed by atoms with Crippen LogP contribution in [0.15, 0.2) is 18.2 Å². The number of methoxy groups -OCH3 is 1. The van der Waals surface area contributed by atoms with Gasteiger partial charge in [0.25, 0.3) is 0 Å². The zero-order valence-electron chi connectivity index (χ0n) is 15.1. The molecule has 1 N–H and O–H groups in total. The van der Waals surface area contributed by atoms with Crippen LogP contribution in [0.2, 0.25) is 0 Å². The summed E-state index contributed by atoms with van der Waals surface area (Å²) < 4.78 is 16.7. The van der Waals surface area contributed by atoms with Gasteiger partial charge in [-0.25, -0.2) is 4.79 Å². The zero-order chi connectivity index (χ0) is 17.6. The Labute approximate surface area is 149 Å². The first-order valence-corrected chi connectivity index (χ1v) is 9.12. The summed E-state index contributed by atoms with van der Waals surface area (Å²) >= 11 is 0. The number of carbonyl (C=O) groups is 1. The van der Waals surface area contributed by atoms with Crippen LogP contribution in [0.1, 0.15) is 24.5 Å². The van der Waals surface area contributed by atoms with Crippen molar-refractivity contribution in [2.45, 2.75) is 38.3 Å². The summed E-state index contributed by atoms with van der Waals surface area (Å²) in [7, 11) is 1.70. The van der Waals surface area contributed by atoms with Crippen molar-refractivity contribution in [3.05, 3.63) is 29.3 Å². The van der Waals surface area contributed by atoms with E-state index in [0.29, 0.717) is 32.9 Å². The number of hydrogen-bond donors (Lipinski definition) is 1. The summed E-state index contributed by atoms with van der Waals surface area (Å²) in [5, 5.41) is 3.16. The lowest BCUT2D eigenvalue weighted by molar-refractivity contribution is -0.0632. The van der Waals surface area contributed by atoms with E-state index in [1.54, 1.807) is 7.11 Å². The highest BCUT2D eigenvalue weighted by Gasteiger charge is 2.29. The van der Waals surface area contributed by atoms with E-state index in [1.807, 2.05) is 24.0 Å². The van der Waals surface area contributed by atoms with Gasteiger partial charge in [0, 0.05) is 26.3 Å². The summed E-state index contributed by atoms with van der Waals surface area (Å²) in [4.78, 5) is 14.7. The highest BCUT2D eigenvalue weighted by atomic mass is 16.5. The van der Waals surface area contributed by atoms with E-state index in [4.69, 9.17) is 14.2 Å². The lowest BCUT2D eigenvalue weighted by Gasteiger charge is -2.33. The van der Waals surface area contributed by atoms with Gasteiger partial charge in [0.05, 0.1) is 19.8 Å². The third kappa shape index (κ3) is 4.25. The van der Waals surface area contributed by atoms with E-state index in [1.165, 1.54) is 11.1 Å². The van der Waals surface area contributed by atoms with Crippen molar-refractivity contribution in [2.24, 2.45) is 0 Å². The molecule has 1 aromatic rings. The molecule has 2 heterocycles. The molecular weight excluding hydrogens is 320 g/mol. The molecular formula is C19H28N2O4. The summed E-state index contributed by atoms with van der Waals surface area (Å²) in [6.07, 6.45) is 2.39. The van der Waals surface area contributed by atoms with Crippen LogP contribution in [0.4, 0.5) is 4.79 Å². The van der Waals surface area contributed by atoms with Crippen LogP contribution in [0.3, 0.4) is 0 Å². The van der Waals surface area contributed by atoms with Crippen molar-refractivity contribution < 1.29 is 19.0 Å². The Hall–Kier alpha value is -1.79. The second-order valence-corrected chi connectivity index (χ2v) is 6.50. The number of carbonyl (C=O) groups excluding carboxylic acids is 1. The summed E-state index contributed by atoms with van der Waals surface area (Å²) in [5.41, 5.74) is 2.49. The third-order valence-electron chi connectivity index (χ3n) is 5.01. The van der Waals surface area contributed by atoms with Crippen LogP contribution >= 0.6 is 0 Å². The first-order valence-electron chi connectivity index (χ1n) is 9.12. The zero-order valence-corrected chi connectivity index (χ0v) is 15.1. The topological polar surface area (TPSA) is 60.0 Å². The molecule has 6 nitrogen and oxygen atoms in total. The van der Waals surface area contributed by atoms with Crippen LogP contribution in [-0.2, 0) is 22.3 Å². The van der Waals surface area contributed by atoms with Gasteiger partial charge in [-0.3, -0.25) is 0 Å². The molecule has 2 aliphatic rings. The SMILES string of the molecule is CCO[C@@H]1COCC[C@H]1NC(=O)N1CCc2cccc(OC)c2CC1. The maximum absolute atomic E-state index is 12.8. The van der Waals surface area contributed by atoms with Gasteiger partial charge in [-0.05, 0) is 43.4 Å². The van der Waals surface area contributed by atoms with Crippen LogP contribution in [-0.4, -0.2) is 63.1 Å². The first-order chi connectivity index (χ1) is 12.2. The average Bonchev–Trinajstić information content (AvgIpc) is 2.86. The number of nitrogens with one attached hydrogen (secondary N) is 1. The van der Waals surface area contributed by atoms with Crippen molar-refractivity contribution in [1.29, 1.82) is 0 Å². The van der Waals surface area contributed by atoms with Gasteiger partial charge in [0.1, 0.15) is 11.9 Å². The van der Waals surface area contributed by atoms with E-state index < -0.39 is 0 Å². The molecule has 0 unspecified atom stereocenters. The minimum atomic E-state index is -0.0630. The molecule has 0 saturated carbocycles. The second-order valence-electron chi connectivity index (χ2n) is 6.50. The van der Waals surface area contributed by atoms with Gasteiger partial charge in [-0.2, -0.15) is 0 Å². The molecule has 1 saturated heterocycles. The van der Waals surface area contributed by atoms with E-state index in [-0.39, 0.29) is 18.2 Å². The van der Waals surface area contributed by atoms with Gasteiger partial charge in [-0.15, -0.1) is 0 Å². The molecule has 0 bridgehead atoms. The van der Waals surface area contributed by atoms with Crippen molar-refractivity contribution in [3.8, 4) is 5.75 Å². The Morgan fingerprint density at radius 3 is 3.00 bits per heavy atom. The number of benzene rings is 1. The molecule has 2 atom stereocenters. The molecule has 2 aliphatic heterocycles. The lowest BCUT2D eigenvalue weighted by Crippen LogP contribution is -2.54. The molecule has 138 valence electrons. The van der Waals surface area contributed by atoms with Crippen molar-refractivity contribution in [1.82, 2.24) is 10.2 Å². The molecule has 0 aliphatic carbocycles. The average molecular weight is 348 g/mol. The number of nitrogens with zero attached hydrogens (tertiary/aromatic N) is 1. The van der Waals surface area contributed by atoms with Gasteiger partial charge in [-0.1, -0.05) is 12.1 Å². The summed E-state index contributed by atoms with van der Waals surface area (Å²) in [6, 6.07) is 6.14. The number of hydrogen-bond acceptors (Lipinski definition) is 4. The number of urea groups is 1. The lowest BCUT2D eigenvalue weighted by atomic mass is 10.0. The predicted molar refractivity (Wildman–Crippen MR) is 95.1 cm³/mol. The van der Waals surface area contributed by atoms with Crippen molar-refractivity contribution >= 4 is 6.03 Å². The summed E-state index contributed by atoms with van der Waals surface area (Å²) in [5.74, 6) is 0.917. The van der Waals surface area contributed by atoms with E-state index >= 15 is 0 Å². The normalized spacial score (nSPS) is 23.5. The monoisotopic (exact) mass is 348 g/mol. The summed E-state index contributed by atoms with van der Waals surface area (Å²) in [6.45, 7) is 5.21. The van der Waals surface area contributed by atoms with E-state index in [9.17, 15) is 4.79 Å². The molecule has 1 aromatic carbocycles. The minimum Gasteiger partial charge on any atom is -0.496 e. The molecule has 3 rings (SSSR count). The molecule has 6 heteroatoms. The standard InChI is InChI=1S/C19H28N2O4/c1-3-25-18-13-24-12-9-16(18)20-19(22)21-10-7-14-5-4-6-17(23-2)15(14)8-11-21/h4-6,16,18H,3,7-13H2,1-2H3,(H,20,22)/t16-,18-/m1/s1. The molecule has 0 radical (unpaired) electrons. The largest absolute Gasteiger partial charge is 0.496 e. The fourth-order valence-corrected chi connectivity index (χ4v) is 3.64. The molecule has 25 heavy (non-hydrogen) atoms. The number of rotatable bonds is 4. The van der Waals surface area contributed by atoms with Gasteiger partial charge in [0.15, 0.2) is 0 Å². The van der Waals surface area contributed by atoms with Crippen LogP contribution in [0.25, 0.3) is 0 Å². The fourth-order valence-electron chi connectivity index (χ4n) is 3.64. The molecule has 0 aromatic heterocycles. The van der Waals surface area contributed by atoms with Crippen molar-refractivity contribution in [3.63, 3.8) is 0 Å². The number of amides is 2. The van der Waals surface area contributed by atoms with Crippen LogP contribution in [0, 0.1) is 0 Å².